The average molecular weight is 375 g/mol. The van der Waals surface area contributed by atoms with E-state index in [-0.39, 0.29) is 5.41 Å². The number of aryl methyl sites for hydroxylation is 1. The van der Waals surface area contributed by atoms with Gasteiger partial charge in [-0.1, -0.05) is 74.4 Å². The summed E-state index contributed by atoms with van der Waals surface area (Å²) in [7, 11) is 0. The molecule has 146 valence electrons. The van der Waals surface area contributed by atoms with Crippen molar-refractivity contribution in [1.29, 1.82) is 0 Å². The molecular weight excluding hydrogens is 344 g/mol. The van der Waals surface area contributed by atoms with E-state index < -0.39 is 0 Å². The number of phenolic OH excluding ortho intramolecular Hbond substituents is 2. The summed E-state index contributed by atoms with van der Waals surface area (Å²) in [6.45, 7) is 2.22. The van der Waals surface area contributed by atoms with E-state index in [2.05, 4.69) is 61.5 Å². The lowest BCUT2D eigenvalue weighted by molar-refractivity contribution is 0.405. The van der Waals surface area contributed by atoms with Crippen LogP contribution < -0.4 is 0 Å². The zero-order valence-corrected chi connectivity index (χ0v) is 16.6. The van der Waals surface area contributed by atoms with Crippen LogP contribution in [0.2, 0.25) is 0 Å². The predicted octanol–water partition coefficient (Wildman–Crippen LogP) is 6.60. The van der Waals surface area contributed by atoms with E-state index in [0.29, 0.717) is 11.5 Å². The predicted molar refractivity (Wildman–Crippen MR) is 116 cm³/mol. The first-order valence-electron chi connectivity index (χ1n) is 10.3. The molecule has 2 nitrogen and oxygen atoms in total. The third kappa shape index (κ3) is 4.75. The van der Waals surface area contributed by atoms with Crippen molar-refractivity contribution >= 4 is 0 Å². The molecule has 3 rings (SSSR count). The van der Waals surface area contributed by atoms with Gasteiger partial charge in [0, 0.05) is 5.41 Å². The molecule has 2 N–H and O–H groups in total. The van der Waals surface area contributed by atoms with Gasteiger partial charge in [-0.3, -0.25) is 0 Å². The molecule has 28 heavy (non-hydrogen) atoms. The van der Waals surface area contributed by atoms with Gasteiger partial charge in [-0.2, -0.15) is 0 Å². The summed E-state index contributed by atoms with van der Waals surface area (Å²) in [5.41, 5.74) is 3.71. The van der Waals surface area contributed by atoms with Gasteiger partial charge >= 0.3 is 0 Å². The van der Waals surface area contributed by atoms with Gasteiger partial charge in [-0.15, -0.1) is 0 Å². The van der Waals surface area contributed by atoms with Crippen LogP contribution in [0.15, 0.2) is 78.9 Å². The van der Waals surface area contributed by atoms with Crippen molar-refractivity contribution in [2.75, 3.05) is 0 Å². The lowest BCUT2D eigenvalue weighted by Gasteiger charge is -2.36. The van der Waals surface area contributed by atoms with Crippen LogP contribution in [-0.4, -0.2) is 10.2 Å². The van der Waals surface area contributed by atoms with Crippen LogP contribution >= 0.6 is 0 Å². The molecule has 0 saturated carbocycles. The SMILES string of the molecule is CCCCC(CCCc1ccccc1)(c1ccc(O)cc1)c1ccc(O)cc1. The Balaban J connectivity index is 1.95. The third-order valence-corrected chi connectivity index (χ3v) is 5.71. The molecule has 0 aromatic heterocycles. The second kappa shape index (κ2) is 9.45. The summed E-state index contributed by atoms with van der Waals surface area (Å²) in [5.74, 6) is 0.589. The highest BCUT2D eigenvalue weighted by Gasteiger charge is 2.33. The van der Waals surface area contributed by atoms with E-state index in [0.717, 1.165) is 38.5 Å². The summed E-state index contributed by atoms with van der Waals surface area (Å²) < 4.78 is 0. The summed E-state index contributed by atoms with van der Waals surface area (Å²) in [5, 5.41) is 19.6. The minimum absolute atomic E-state index is 0.119. The molecular formula is C26H30O2. The fraction of sp³-hybridized carbons (Fsp3) is 0.308. The Labute approximate surface area is 168 Å². The molecule has 0 bridgehead atoms. The highest BCUT2D eigenvalue weighted by atomic mass is 16.3. The van der Waals surface area contributed by atoms with E-state index in [9.17, 15) is 10.2 Å². The third-order valence-electron chi connectivity index (χ3n) is 5.71. The zero-order chi connectivity index (χ0) is 19.8. The fourth-order valence-corrected chi connectivity index (χ4v) is 4.15. The minimum Gasteiger partial charge on any atom is -0.508 e. The first-order valence-corrected chi connectivity index (χ1v) is 10.3. The number of phenols is 2. The molecule has 2 heteroatoms. The van der Waals surface area contributed by atoms with Crippen molar-refractivity contribution in [1.82, 2.24) is 0 Å². The van der Waals surface area contributed by atoms with Gasteiger partial charge in [0.1, 0.15) is 11.5 Å². The fourth-order valence-electron chi connectivity index (χ4n) is 4.15. The van der Waals surface area contributed by atoms with Gasteiger partial charge in [0.25, 0.3) is 0 Å². The number of benzene rings is 3. The molecule has 0 amide bonds. The Morgan fingerprint density at radius 1 is 0.643 bits per heavy atom. The monoisotopic (exact) mass is 374 g/mol. The highest BCUT2D eigenvalue weighted by molar-refractivity contribution is 5.43. The Morgan fingerprint density at radius 3 is 1.64 bits per heavy atom. The maximum Gasteiger partial charge on any atom is 0.115 e. The van der Waals surface area contributed by atoms with Crippen molar-refractivity contribution in [3.63, 3.8) is 0 Å². The van der Waals surface area contributed by atoms with Crippen molar-refractivity contribution in [3.05, 3.63) is 95.6 Å². The molecule has 0 aliphatic carbocycles. The largest absolute Gasteiger partial charge is 0.508 e. The Kier molecular flexibility index (Phi) is 6.76. The van der Waals surface area contributed by atoms with Gasteiger partial charge < -0.3 is 10.2 Å². The summed E-state index contributed by atoms with van der Waals surface area (Å²) in [4.78, 5) is 0. The molecule has 0 fully saturated rings. The van der Waals surface area contributed by atoms with Crippen LogP contribution in [0.1, 0.15) is 55.7 Å². The van der Waals surface area contributed by atoms with Crippen molar-refractivity contribution in [2.45, 2.75) is 50.9 Å². The minimum atomic E-state index is -0.119. The van der Waals surface area contributed by atoms with Gasteiger partial charge in [0.2, 0.25) is 0 Å². The molecule has 0 aliphatic rings. The lowest BCUT2D eigenvalue weighted by atomic mass is 9.68. The zero-order valence-electron chi connectivity index (χ0n) is 16.6. The van der Waals surface area contributed by atoms with Gasteiger partial charge in [0.15, 0.2) is 0 Å². The number of rotatable bonds is 9. The van der Waals surface area contributed by atoms with Gasteiger partial charge in [0.05, 0.1) is 0 Å². The van der Waals surface area contributed by atoms with Crippen LogP contribution in [-0.2, 0) is 11.8 Å². The number of hydrogen-bond acceptors (Lipinski definition) is 2. The second-order valence-electron chi connectivity index (χ2n) is 7.62. The highest BCUT2D eigenvalue weighted by Crippen LogP contribution is 2.42. The van der Waals surface area contributed by atoms with Crippen molar-refractivity contribution < 1.29 is 10.2 Å². The van der Waals surface area contributed by atoms with Crippen LogP contribution in [0, 0.1) is 0 Å². The molecule has 3 aromatic rings. The molecule has 0 unspecified atom stereocenters. The molecule has 0 atom stereocenters. The van der Waals surface area contributed by atoms with Crippen molar-refractivity contribution in [3.8, 4) is 11.5 Å². The smallest absolute Gasteiger partial charge is 0.115 e. The van der Waals surface area contributed by atoms with Gasteiger partial charge in [-0.25, -0.2) is 0 Å². The summed E-state index contributed by atoms with van der Waals surface area (Å²) >= 11 is 0. The van der Waals surface area contributed by atoms with E-state index in [4.69, 9.17) is 0 Å². The van der Waals surface area contributed by atoms with Crippen LogP contribution in [0.4, 0.5) is 0 Å². The molecule has 0 radical (unpaired) electrons. The molecule has 0 saturated heterocycles. The van der Waals surface area contributed by atoms with Crippen molar-refractivity contribution in [2.24, 2.45) is 0 Å². The van der Waals surface area contributed by atoms with E-state index in [1.54, 1.807) is 24.3 Å². The molecule has 3 aromatic carbocycles. The van der Waals surface area contributed by atoms with Crippen LogP contribution in [0.3, 0.4) is 0 Å². The topological polar surface area (TPSA) is 40.5 Å². The molecule has 0 spiro atoms. The second-order valence-corrected chi connectivity index (χ2v) is 7.62. The number of hydrogen-bond donors (Lipinski definition) is 2. The number of aromatic hydroxyl groups is 2. The average Bonchev–Trinajstić information content (AvgIpc) is 2.73. The van der Waals surface area contributed by atoms with Crippen LogP contribution in [0.25, 0.3) is 0 Å². The molecule has 0 heterocycles. The summed E-state index contributed by atoms with van der Waals surface area (Å²) in [6, 6.07) is 26.0. The Bertz CT molecular complexity index is 790. The quantitative estimate of drug-likeness (QED) is 0.443. The van der Waals surface area contributed by atoms with E-state index in [1.807, 2.05) is 0 Å². The first kappa shape index (κ1) is 20.0. The summed E-state index contributed by atoms with van der Waals surface area (Å²) in [6.07, 6.45) is 6.47. The maximum absolute atomic E-state index is 9.80. The number of unbranched alkanes of at least 4 members (excludes halogenated alkanes) is 1. The van der Waals surface area contributed by atoms with E-state index >= 15 is 0 Å². The Hall–Kier alpha value is -2.74. The Morgan fingerprint density at radius 2 is 1.14 bits per heavy atom. The maximum atomic E-state index is 9.80. The molecule has 0 aliphatic heterocycles. The lowest BCUT2D eigenvalue weighted by Crippen LogP contribution is -2.28. The normalized spacial score (nSPS) is 11.5. The van der Waals surface area contributed by atoms with Crippen LogP contribution in [0.5, 0.6) is 11.5 Å². The first-order chi connectivity index (χ1) is 13.6. The van der Waals surface area contributed by atoms with E-state index in [1.165, 1.54) is 16.7 Å². The van der Waals surface area contributed by atoms with Gasteiger partial charge in [-0.05, 0) is 66.6 Å². The standard InChI is InChI=1S/C26H30O2/c1-2-3-19-26(22-11-15-24(27)16-12-22,23-13-17-25(28)18-14-23)20-7-10-21-8-5-4-6-9-21/h4-6,8-9,11-18,27-28H,2-3,7,10,19-20H2,1H3.